The SMILES string of the molecule is Cc1ccc(N(c2ccc(C)cc2)c2ccc3c(c2)C([Si](C)(C)C)([Si](C)(C)C)c2c-3ccc3cc(N(c4ccc(C)cc4)c4ccc(C)cc4)ccc23)cc1. The predicted octanol–water partition coefficient (Wildman–Crippen LogP) is 15.0. The zero-order chi connectivity index (χ0) is 38.9. The Labute approximate surface area is 331 Å². The Morgan fingerprint density at radius 2 is 0.709 bits per heavy atom. The van der Waals surface area contributed by atoms with E-state index in [1.54, 1.807) is 5.56 Å². The number of aryl methyl sites for hydroxylation is 4. The Morgan fingerprint density at radius 1 is 0.364 bits per heavy atom. The third kappa shape index (κ3) is 6.16. The largest absolute Gasteiger partial charge is 0.310 e. The van der Waals surface area contributed by atoms with Crippen molar-refractivity contribution in [2.75, 3.05) is 9.80 Å². The summed E-state index contributed by atoms with van der Waals surface area (Å²) in [4.78, 5) is 4.86. The summed E-state index contributed by atoms with van der Waals surface area (Å²) in [7, 11) is -3.96. The maximum Gasteiger partial charge on any atom is 0.0579 e. The molecule has 0 aromatic heterocycles. The predicted molar refractivity (Wildman–Crippen MR) is 245 cm³/mol. The van der Waals surface area contributed by atoms with Crippen LogP contribution < -0.4 is 9.80 Å². The van der Waals surface area contributed by atoms with Crippen molar-refractivity contribution < 1.29 is 0 Å². The molecular formula is C51H54N2Si2. The van der Waals surface area contributed by atoms with E-state index >= 15 is 0 Å². The molecule has 0 saturated carbocycles. The third-order valence-corrected chi connectivity index (χ3v) is 22.0. The fourth-order valence-electron chi connectivity index (χ4n) is 9.79. The molecule has 1 aliphatic rings. The summed E-state index contributed by atoms with van der Waals surface area (Å²) >= 11 is 0. The van der Waals surface area contributed by atoms with Crippen LogP contribution in [0.1, 0.15) is 33.4 Å². The van der Waals surface area contributed by atoms with Crippen molar-refractivity contribution in [2.24, 2.45) is 0 Å². The van der Waals surface area contributed by atoms with Crippen LogP contribution >= 0.6 is 0 Å². The summed E-state index contributed by atoms with van der Waals surface area (Å²) in [6.45, 7) is 24.4. The molecular weight excluding hydrogens is 697 g/mol. The molecule has 4 heteroatoms. The van der Waals surface area contributed by atoms with Gasteiger partial charge in [-0.2, -0.15) is 0 Å². The standard InChI is InChI=1S/C51H54N2Si2/c1-35-11-20-40(21-12-35)52(41-22-13-36(2)14-23-41)44-28-31-46-39(33-44)19-30-48-47-32-29-45(34-49(47)51(50(46)48,54(5,6)7)55(8,9)10)53(42-24-15-37(3)16-25-42)43-26-17-38(4)18-27-43/h11-34H,1-10H3. The summed E-state index contributed by atoms with van der Waals surface area (Å²) in [5, 5.41) is 2.70. The summed E-state index contributed by atoms with van der Waals surface area (Å²) in [6.07, 6.45) is 0. The molecule has 1 aliphatic carbocycles. The molecule has 0 fully saturated rings. The van der Waals surface area contributed by atoms with E-state index in [-0.39, 0.29) is 4.66 Å². The first kappa shape index (κ1) is 36.8. The topological polar surface area (TPSA) is 6.48 Å². The first-order chi connectivity index (χ1) is 26.2. The van der Waals surface area contributed by atoms with Crippen molar-refractivity contribution in [1.29, 1.82) is 0 Å². The van der Waals surface area contributed by atoms with Gasteiger partial charge in [-0.25, -0.2) is 0 Å². The molecule has 276 valence electrons. The molecule has 0 N–H and O–H groups in total. The number of anilines is 6. The van der Waals surface area contributed by atoms with E-state index in [0.717, 1.165) is 0 Å². The van der Waals surface area contributed by atoms with Crippen LogP contribution in [0, 0.1) is 27.7 Å². The van der Waals surface area contributed by atoms with Crippen molar-refractivity contribution in [2.45, 2.75) is 71.6 Å². The Balaban J connectivity index is 1.35. The van der Waals surface area contributed by atoms with Crippen molar-refractivity contribution in [1.82, 2.24) is 0 Å². The lowest BCUT2D eigenvalue weighted by Gasteiger charge is -2.51. The molecule has 0 radical (unpaired) electrons. The van der Waals surface area contributed by atoms with Gasteiger partial charge in [0.05, 0.1) is 16.1 Å². The smallest absolute Gasteiger partial charge is 0.0579 e. The molecule has 0 bridgehead atoms. The summed E-state index contributed by atoms with van der Waals surface area (Å²) in [5.74, 6) is 0. The highest BCUT2D eigenvalue weighted by Crippen LogP contribution is 2.60. The fraction of sp³-hybridized carbons (Fsp3) is 0.216. The second kappa shape index (κ2) is 13.5. The summed E-state index contributed by atoms with van der Waals surface area (Å²) < 4.78 is -0.0263. The van der Waals surface area contributed by atoms with Gasteiger partial charge >= 0.3 is 0 Å². The Hall–Kier alpha value is -5.17. The lowest BCUT2D eigenvalue weighted by atomic mass is 9.98. The highest BCUT2D eigenvalue weighted by atomic mass is 28.4. The normalized spacial score (nSPS) is 13.4. The summed E-state index contributed by atoms with van der Waals surface area (Å²) in [5.41, 5.74) is 18.1. The first-order valence-corrected chi connectivity index (χ1v) is 26.8. The molecule has 2 nitrogen and oxygen atoms in total. The van der Waals surface area contributed by atoms with Crippen LogP contribution in [0.3, 0.4) is 0 Å². The van der Waals surface area contributed by atoms with Crippen LogP contribution in [0.2, 0.25) is 39.3 Å². The van der Waals surface area contributed by atoms with Crippen LogP contribution in [0.25, 0.3) is 21.9 Å². The highest BCUT2D eigenvalue weighted by Gasteiger charge is 2.59. The van der Waals surface area contributed by atoms with Gasteiger partial charge in [0, 0.05) is 38.8 Å². The maximum atomic E-state index is 2.62. The van der Waals surface area contributed by atoms with Gasteiger partial charge in [-0.15, -0.1) is 0 Å². The quantitative estimate of drug-likeness (QED) is 0.143. The van der Waals surface area contributed by atoms with E-state index < -0.39 is 16.1 Å². The zero-order valence-electron chi connectivity index (χ0n) is 34.3. The monoisotopic (exact) mass is 750 g/mol. The van der Waals surface area contributed by atoms with Crippen molar-refractivity contribution in [3.05, 3.63) is 179 Å². The molecule has 0 heterocycles. The highest BCUT2D eigenvalue weighted by molar-refractivity contribution is 7.00. The van der Waals surface area contributed by atoms with Crippen LogP contribution in [0.4, 0.5) is 34.1 Å². The Kier molecular flexibility index (Phi) is 9.06. The second-order valence-corrected chi connectivity index (χ2v) is 28.9. The molecule has 0 aliphatic heterocycles. The minimum absolute atomic E-state index is 0.0263. The van der Waals surface area contributed by atoms with Gasteiger partial charge in [-0.05, 0) is 134 Å². The van der Waals surface area contributed by atoms with E-state index in [2.05, 4.69) is 222 Å². The molecule has 0 amide bonds. The number of nitrogens with zero attached hydrogens (tertiary/aromatic N) is 2. The summed E-state index contributed by atoms with van der Waals surface area (Å²) in [6, 6.07) is 55.3. The van der Waals surface area contributed by atoms with Crippen molar-refractivity contribution in [3.63, 3.8) is 0 Å². The van der Waals surface area contributed by atoms with Crippen molar-refractivity contribution >= 4 is 61.0 Å². The van der Waals surface area contributed by atoms with E-state index in [0.29, 0.717) is 0 Å². The van der Waals surface area contributed by atoms with Crippen molar-refractivity contribution in [3.8, 4) is 11.1 Å². The van der Waals surface area contributed by atoms with Gasteiger partial charge in [0.2, 0.25) is 0 Å². The average Bonchev–Trinajstić information content (AvgIpc) is 3.47. The average molecular weight is 751 g/mol. The zero-order valence-corrected chi connectivity index (χ0v) is 36.3. The number of hydrogen-bond acceptors (Lipinski definition) is 2. The maximum absolute atomic E-state index is 2.62. The molecule has 0 atom stereocenters. The number of hydrogen-bond donors (Lipinski definition) is 0. The van der Waals surface area contributed by atoms with Gasteiger partial charge in [-0.3, -0.25) is 0 Å². The molecule has 0 saturated heterocycles. The molecule has 7 aromatic carbocycles. The van der Waals surface area contributed by atoms with E-state index in [4.69, 9.17) is 0 Å². The van der Waals surface area contributed by atoms with Crippen LogP contribution in [0.5, 0.6) is 0 Å². The first-order valence-electron chi connectivity index (χ1n) is 19.8. The molecule has 55 heavy (non-hydrogen) atoms. The van der Waals surface area contributed by atoms with E-state index in [1.165, 1.54) is 83.8 Å². The number of fused-ring (bicyclic) bond motifs is 5. The molecule has 7 aromatic rings. The van der Waals surface area contributed by atoms with Crippen LogP contribution in [-0.4, -0.2) is 16.1 Å². The van der Waals surface area contributed by atoms with Gasteiger partial charge in [0.1, 0.15) is 0 Å². The minimum atomic E-state index is -1.98. The van der Waals surface area contributed by atoms with E-state index in [1.807, 2.05) is 0 Å². The number of benzene rings is 7. The lowest BCUT2D eigenvalue weighted by Crippen LogP contribution is -2.63. The Bertz CT molecular complexity index is 2410. The number of rotatable bonds is 8. The second-order valence-electron chi connectivity index (χ2n) is 17.9. The van der Waals surface area contributed by atoms with Gasteiger partial charge in [0.25, 0.3) is 0 Å². The van der Waals surface area contributed by atoms with Gasteiger partial charge < -0.3 is 9.80 Å². The molecule has 8 rings (SSSR count). The third-order valence-electron chi connectivity index (χ3n) is 12.0. The van der Waals surface area contributed by atoms with Gasteiger partial charge in [0.15, 0.2) is 0 Å². The minimum Gasteiger partial charge on any atom is -0.310 e. The van der Waals surface area contributed by atoms with Gasteiger partial charge in [-0.1, -0.05) is 134 Å². The lowest BCUT2D eigenvalue weighted by molar-refractivity contribution is 0.961. The Morgan fingerprint density at radius 3 is 1.11 bits per heavy atom. The molecule has 0 spiro atoms. The van der Waals surface area contributed by atoms with Crippen LogP contribution in [0.15, 0.2) is 146 Å². The van der Waals surface area contributed by atoms with E-state index in [9.17, 15) is 0 Å². The molecule has 0 unspecified atom stereocenters. The fourth-order valence-corrected chi connectivity index (χ4v) is 22.9. The van der Waals surface area contributed by atoms with Crippen LogP contribution in [-0.2, 0) is 4.66 Å².